The summed E-state index contributed by atoms with van der Waals surface area (Å²) in [7, 11) is 0. The van der Waals surface area contributed by atoms with Gasteiger partial charge in [0.05, 0.1) is 17.6 Å². The molecule has 7 heteroatoms. The molecular formula is C16H15FN6. The fourth-order valence-corrected chi connectivity index (χ4v) is 3.85. The lowest BCUT2D eigenvalue weighted by atomic mass is 10.2. The van der Waals surface area contributed by atoms with E-state index in [2.05, 4.69) is 29.7 Å². The van der Waals surface area contributed by atoms with Crippen LogP contribution in [-0.2, 0) is 0 Å². The zero-order chi connectivity index (χ0) is 15.4. The van der Waals surface area contributed by atoms with Crippen molar-refractivity contribution in [2.45, 2.75) is 18.5 Å². The second-order valence-electron chi connectivity index (χ2n) is 6.09. The monoisotopic (exact) mass is 310 g/mol. The van der Waals surface area contributed by atoms with E-state index in [9.17, 15) is 4.39 Å². The van der Waals surface area contributed by atoms with Crippen molar-refractivity contribution in [3.8, 4) is 0 Å². The van der Waals surface area contributed by atoms with Gasteiger partial charge in [-0.1, -0.05) is 0 Å². The Bertz CT molecular complexity index is 878. The van der Waals surface area contributed by atoms with Crippen molar-refractivity contribution in [3.63, 3.8) is 0 Å². The Morgan fingerprint density at radius 3 is 2.65 bits per heavy atom. The highest BCUT2D eigenvalue weighted by Gasteiger charge is 2.45. The first-order chi connectivity index (χ1) is 11.3. The predicted molar refractivity (Wildman–Crippen MR) is 85.0 cm³/mol. The lowest BCUT2D eigenvalue weighted by Crippen LogP contribution is -2.47. The average molecular weight is 310 g/mol. The summed E-state index contributed by atoms with van der Waals surface area (Å²) in [4.78, 5) is 20.6. The lowest BCUT2D eigenvalue weighted by molar-refractivity contribution is 0.584. The van der Waals surface area contributed by atoms with Crippen LogP contribution in [0.3, 0.4) is 0 Å². The van der Waals surface area contributed by atoms with Crippen molar-refractivity contribution in [1.82, 2.24) is 19.9 Å². The Morgan fingerprint density at radius 1 is 1.04 bits per heavy atom. The number of anilines is 2. The summed E-state index contributed by atoms with van der Waals surface area (Å²) in [6.45, 7) is 1.59. The zero-order valence-corrected chi connectivity index (χ0v) is 12.4. The molecule has 0 aliphatic carbocycles. The highest BCUT2D eigenvalue weighted by Crippen LogP contribution is 2.38. The van der Waals surface area contributed by atoms with Crippen molar-refractivity contribution in [2.75, 3.05) is 22.9 Å². The van der Waals surface area contributed by atoms with Crippen LogP contribution >= 0.6 is 0 Å². The highest BCUT2D eigenvalue weighted by molar-refractivity contribution is 5.86. The van der Waals surface area contributed by atoms with E-state index in [0.717, 1.165) is 36.4 Å². The van der Waals surface area contributed by atoms with Gasteiger partial charge in [0.15, 0.2) is 17.5 Å². The van der Waals surface area contributed by atoms with Crippen LogP contribution in [0, 0.1) is 5.82 Å². The Balaban J connectivity index is 1.47. The molecule has 1 N–H and O–H groups in total. The second kappa shape index (κ2) is 4.65. The molecule has 2 aliphatic rings. The average Bonchev–Trinajstić information content (AvgIpc) is 3.29. The van der Waals surface area contributed by atoms with Crippen molar-refractivity contribution < 1.29 is 4.39 Å². The maximum Gasteiger partial charge on any atom is 0.165 e. The van der Waals surface area contributed by atoms with Gasteiger partial charge in [0.25, 0.3) is 0 Å². The standard InChI is InChI=1S/C16H15FN6/c17-12-2-1-4-19-15(12)22-7-11-6-10(22)8-23(11)16-14-13(3-5-18-14)20-9-21-16/h1-5,9-11,18H,6-8H2. The molecule has 5 rings (SSSR count). The normalized spacial score (nSPS) is 23.2. The second-order valence-corrected chi connectivity index (χ2v) is 6.09. The lowest BCUT2D eigenvalue weighted by Gasteiger charge is -2.35. The molecule has 0 radical (unpaired) electrons. The number of nitrogens with one attached hydrogen (secondary N) is 1. The van der Waals surface area contributed by atoms with Gasteiger partial charge in [0.1, 0.15) is 11.8 Å². The van der Waals surface area contributed by atoms with Crippen LogP contribution in [0.4, 0.5) is 16.0 Å². The molecule has 116 valence electrons. The van der Waals surface area contributed by atoms with Crippen LogP contribution in [0.2, 0.25) is 0 Å². The summed E-state index contributed by atoms with van der Waals surface area (Å²) in [5.41, 5.74) is 1.89. The summed E-state index contributed by atoms with van der Waals surface area (Å²) in [5, 5.41) is 0. The molecule has 23 heavy (non-hydrogen) atoms. The van der Waals surface area contributed by atoms with E-state index in [0.29, 0.717) is 11.9 Å². The number of pyridine rings is 1. The molecule has 2 atom stereocenters. The van der Waals surface area contributed by atoms with Gasteiger partial charge in [-0.3, -0.25) is 0 Å². The third-order valence-corrected chi connectivity index (χ3v) is 4.85. The minimum absolute atomic E-state index is 0.250. The Hall–Kier alpha value is -2.70. The van der Waals surface area contributed by atoms with Gasteiger partial charge in [0.2, 0.25) is 0 Å². The van der Waals surface area contributed by atoms with Gasteiger partial charge < -0.3 is 14.8 Å². The maximum absolute atomic E-state index is 14.0. The van der Waals surface area contributed by atoms with Crippen molar-refractivity contribution in [2.24, 2.45) is 0 Å². The highest BCUT2D eigenvalue weighted by atomic mass is 19.1. The third kappa shape index (κ3) is 1.82. The Morgan fingerprint density at radius 2 is 1.87 bits per heavy atom. The van der Waals surface area contributed by atoms with Crippen LogP contribution < -0.4 is 9.80 Å². The van der Waals surface area contributed by atoms with E-state index < -0.39 is 0 Å². The minimum Gasteiger partial charge on any atom is -0.357 e. The van der Waals surface area contributed by atoms with Gasteiger partial charge in [0, 0.05) is 25.5 Å². The van der Waals surface area contributed by atoms with E-state index in [1.807, 2.05) is 12.3 Å². The first kappa shape index (κ1) is 12.8. The van der Waals surface area contributed by atoms with Crippen LogP contribution in [-0.4, -0.2) is 45.1 Å². The molecule has 0 aromatic carbocycles. The van der Waals surface area contributed by atoms with E-state index in [4.69, 9.17) is 0 Å². The molecule has 2 unspecified atom stereocenters. The van der Waals surface area contributed by atoms with Crippen LogP contribution in [0.25, 0.3) is 11.0 Å². The van der Waals surface area contributed by atoms with E-state index in [1.165, 1.54) is 6.07 Å². The predicted octanol–water partition coefficient (Wildman–Crippen LogP) is 1.96. The van der Waals surface area contributed by atoms with Gasteiger partial charge in [-0.15, -0.1) is 0 Å². The molecule has 6 nitrogen and oxygen atoms in total. The van der Waals surface area contributed by atoms with Crippen LogP contribution in [0.5, 0.6) is 0 Å². The number of hydrogen-bond donors (Lipinski definition) is 1. The summed E-state index contributed by atoms with van der Waals surface area (Å²) in [6.07, 6.45) is 6.14. The third-order valence-electron chi connectivity index (χ3n) is 4.85. The fourth-order valence-electron chi connectivity index (χ4n) is 3.85. The number of hydrogen-bond acceptors (Lipinski definition) is 5. The number of H-pyrrole nitrogens is 1. The van der Waals surface area contributed by atoms with E-state index in [1.54, 1.807) is 18.6 Å². The number of aromatic nitrogens is 4. The molecule has 0 amide bonds. The molecule has 2 saturated heterocycles. The van der Waals surface area contributed by atoms with Crippen molar-refractivity contribution in [3.05, 3.63) is 42.7 Å². The van der Waals surface area contributed by atoms with Gasteiger partial charge in [-0.2, -0.15) is 0 Å². The number of piperazine rings is 1. The van der Waals surface area contributed by atoms with Crippen LogP contribution in [0.1, 0.15) is 6.42 Å². The molecule has 3 aromatic rings. The Labute approximate surface area is 132 Å². The molecule has 2 aliphatic heterocycles. The quantitative estimate of drug-likeness (QED) is 0.784. The largest absolute Gasteiger partial charge is 0.357 e. The van der Waals surface area contributed by atoms with Crippen LogP contribution in [0.15, 0.2) is 36.9 Å². The summed E-state index contributed by atoms with van der Waals surface area (Å²) in [5.74, 6) is 1.15. The van der Waals surface area contributed by atoms with E-state index in [-0.39, 0.29) is 11.9 Å². The number of halogens is 1. The Kier molecular flexibility index (Phi) is 2.59. The SMILES string of the molecule is Fc1cccnc1N1CC2CC1CN2c1ncnc2cc[nH]c12. The maximum atomic E-state index is 14.0. The fraction of sp³-hybridized carbons (Fsp3) is 0.312. The number of fused-ring (bicyclic) bond motifs is 3. The molecule has 5 heterocycles. The molecular weight excluding hydrogens is 295 g/mol. The molecule has 2 bridgehead atoms. The van der Waals surface area contributed by atoms with E-state index >= 15 is 0 Å². The van der Waals surface area contributed by atoms with Gasteiger partial charge in [-0.25, -0.2) is 19.3 Å². The minimum atomic E-state index is -0.250. The van der Waals surface area contributed by atoms with Gasteiger partial charge in [-0.05, 0) is 24.6 Å². The van der Waals surface area contributed by atoms with Crippen molar-refractivity contribution >= 4 is 22.7 Å². The number of aromatic amines is 1. The molecule has 0 spiro atoms. The summed E-state index contributed by atoms with van der Waals surface area (Å²) < 4.78 is 14.0. The first-order valence-electron chi connectivity index (χ1n) is 7.73. The molecule has 3 aromatic heterocycles. The summed E-state index contributed by atoms with van der Waals surface area (Å²) in [6, 6.07) is 5.64. The summed E-state index contributed by atoms with van der Waals surface area (Å²) >= 11 is 0. The number of nitrogens with zero attached hydrogens (tertiary/aromatic N) is 5. The van der Waals surface area contributed by atoms with Crippen molar-refractivity contribution in [1.29, 1.82) is 0 Å². The molecule has 0 saturated carbocycles. The topological polar surface area (TPSA) is 60.9 Å². The number of rotatable bonds is 2. The zero-order valence-electron chi connectivity index (χ0n) is 12.4. The smallest absolute Gasteiger partial charge is 0.165 e. The molecule has 2 fully saturated rings. The first-order valence-corrected chi connectivity index (χ1v) is 7.73. The van der Waals surface area contributed by atoms with Gasteiger partial charge >= 0.3 is 0 Å².